The van der Waals surface area contributed by atoms with Crippen LogP contribution in [0.1, 0.15) is 64.7 Å². The summed E-state index contributed by atoms with van der Waals surface area (Å²) in [5.41, 5.74) is 0. The van der Waals surface area contributed by atoms with E-state index >= 15 is 0 Å². The van der Waals surface area contributed by atoms with E-state index in [1.165, 1.54) is 32.1 Å². The van der Waals surface area contributed by atoms with E-state index in [2.05, 4.69) is 12.2 Å². The van der Waals surface area contributed by atoms with Crippen molar-refractivity contribution in [3.63, 3.8) is 0 Å². The van der Waals surface area contributed by atoms with Crippen LogP contribution < -0.4 is 5.32 Å². The minimum Gasteiger partial charge on any atom is -0.353 e. The molecule has 1 fully saturated rings. The molecule has 17 heavy (non-hydrogen) atoms. The van der Waals surface area contributed by atoms with Crippen molar-refractivity contribution in [1.29, 1.82) is 0 Å². The predicted molar refractivity (Wildman–Crippen MR) is 73.4 cm³/mol. The quantitative estimate of drug-likeness (QED) is 0.746. The van der Waals surface area contributed by atoms with Gasteiger partial charge in [0.15, 0.2) is 0 Å². The van der Waals surface area contributed by atoms with Gasteiger partial charge in [0.05, 0.1) is 0 Å². The topological polar surface area (TPSA) is 29.1 Å². The molecule has 1 aliphatic rings. The lowest BCUT2D eigenvalue weighted by Crippen LogP contribution is -2.37. The highest BCUT2D eigenvalue weighted by atomic mass is 35.5. The predicted octanol–water partition coefficient (Wildman–Crippen LogP) is 3.87. The van der Waals surface area contributed by atoms with Crippen LogP contribution in [0.25, 0.3) is 0 Å². The highest BCUT2D eigenvalue weighted by molar-refractivity contribution is 6.17. The van der Waals surface area contributed by atoms with Crippen molar-refractivity contribution in [3.8, 4) is 0 Å². The molecule has 0 aromatic carbocycles. The summed E-state index contributed by atoms with van der Waals surface area (Å²) in [4.78, 5) is 12.1. The Balaban J connectivity index is 2.28. The average Bonchev–Trinajstić information content (AvgIpc) is 2.25. The third-order valence-corrected chi connectivity index (χ3v) is 3.90. The number of rotatable bonds is 5. The first kappa shape index (κ1) is 14.8. The number of carbonyl (C=O) groups excluding carboxylic acids is 1. The zero-order chi connectivity index (χ0) is 12.5. The van der Waals surface area contributed by atoms with Gasteiger partial charge in [0, 0.05) is 17.8 Å². The van der Waals surface area contributed by atoms with Gasteiger partial charge in [-0.2, -0.15) is 0 Å². The molecule has 0 heterocycles. The van der Waals surface area contributed by atoms with Gasteiger partial charge in [-0.25, -0.2) is 0 Å². The zero-order valence-electron chi connectivity index (χ0n) is 11.0. The number of amides is 1. The van der Waals surface area contributed by atoms with Crippen LogP contribution in [0, 0.1) is 5.92 Å². The molecular formula is C14H26ClNO. The lowest BCUT2D eigenvalue weighted by atomic mass is 9.90. The first-order valence-corrected chi connectivity index (χ1v) is 7.64. The summed E-state index contributed by atoms with van der Waals surface area (Å²) < 4.78 is 0. The Hall–Kier alpha value is -0.240. The molecular weight excluding hydrogens is 234 g/mol. The zero-order valence-corrected chi connectivity index (χ0v) is 11.8. The Kier molecular flexibility index (Phi) is 7.67. The van der Waals surface area contributed by atoms with Crippen molar-refractivity contribution in [1.82, 2.24) is 5.32 Å². The smallest absolute Gasteiger partial charge is 0.223 e. The summed E-state index contributed by atoms with van der Waals surface area (Å²) in [6, 6.07) is 0.270. The Morgan fingerprint density at radius 1 is 1.24 bits per heavy atom. The number of hydrogen-bond acceptors (Lipinski definition) is 1. The summed E-state index contributed by atoms with van der Waals surface area (Å²) >= 11 is 5.66. The van der Waals surface area contributed by atoms with Crippen molar-refractivity contribution in [2.24, 2.45) is 5.92 Å². The molecule has 0 bridgehead atoms. The summed E-state index contributed by atoms with van der Waals surface area (Å²) in [6.45, 7) is 2.08. The third kappa shape index (κ3) is 6.30. The van der Waals surface area contributed by atoms with E-state index in [9.17, 15) is 4.79 Å². The van der Waals surface area contributed by atoms with Crippen LogP contribution in [0.2, 0.25) is 0 Å². The van der Waals surface area contributed by atoms with Crippen LogP contribution in [-0.4, -0.2) is 17.8 Å². The Morgan fingerprint density at radius 3 is 2.41 bits per heavy atom. The number of hydrogen-bond donors (Lipinski definition) is 1. The lowest BCUT2D eigenvalue weighted by Gasteiger charge is -2.21. The van der Waals surface area contributed by atoms with Crippen molar-refractivity contribution in [3.05, 3.63) is 0 Å². The highest BCUT2D eigenvalue weighted by Gasteiger charge is 2.20. The van der Waals surface area contributed by atoms with E-state index in [1.807, 2.05) is 0 Å². The molecule has 1 amide bonds. The molecule has 1 saturated carbocycles. The van der Waals surface area contributed by atoms with E-state index in [0.717, 1.165) is 25.7 Å². The first-order chi connectivity index (χ1) is 8.24. The summed E-state index contributed by atoms with van der Waals surface area (Å²) in [7, 11) is 0. The van der Waals surface area contributed by atoms with Crippen molar-refractivity contribution in [2.75, 3.05) is 5.88 Å². The summed E-state index contributed by atoms with van der Waals surface area (Å²) in [6.07, 6.45) is 10.5. The molecule has 2 nitrogen and oxygen atoms in total. The van der Waals surface area contributed by atoms with Crippen molar-refractivity contribution >= 4 is 17.5 Å². The maximum absolute atomic E-state index is 12.1. The van der Waals surface area contributed by atoms with Gasteiger partial charge in [-0.1, -0.05) is 32.1 Å². The molecule has 1 rings (SSSR count). The van der Waals surface area contributed by atoms with Crippen molar-refractivity contribution in [2.45, 2.75) is 70.8 Å². The molecule has 3 heteroatoms. The minimum atomic E-state index is 0.258. The van der Waals surface area contributed by atoms with Crippen molar-refractivity contribution < 1.29 is 4.79 Å². The normalized spacial score (nSPS) is 20.4. The van der Waals surface area contributed by atoms with Gasteiger partial charge in [-0.3, -0.25) is 4.79 Å². The van der Waals surface area contributed by atoms with Gasteiger partial charge < -0.3 is 5.32 Å². The molecule has 0 aromatic rings. The Bertz CT molecular complexity index is 212. The second kappa shape index (κ2) is 8.79. The molecule has 1 aliphatic carbocycles. The second-order valence-corrected chi connectivity index (χ2v) is 5.66. The van der Waals surface area contributed by atoms with Gasteiger partial charge in [0.1, 0.15) is 0 Å². The van der Waals surface area contributed by atoms with Gasteiger partial charge in [-0.15, -0.1) is 11.6 Å². The standard InChI is InChI=1S/C14H26ClNO/c1-12(8-7-11-15)16-14(17)13-9-5-3-2-4-6-10-13/h12-13H,2-11H2,1H3,(H,16,17). The summed E-state index contributed by atoms with van der Waals surface area (Å²) in [5, 5.41) is 3.14. The fourth-order valence-corrected chi connectivity index (χ4v) is 2.69. The van der Waals surface area contributed by atoms with Gasteiger partial charge >= 0.3 is 0 Å². The number of halogens is 1. The Morgan fingerprint density at radius 2 is 1.82 bits per heavy atom. The molecule has 0 radical (unpaired) electrons. The second-order valence-electron chi connectivity index (χ2n) is 5.28. The molecule has 1 atom stereocenters. The number of carbonyl (C=O) groups is 1. The minimum absolute atomic E-state index is 0.258. The van der Waals surface area contributed by atoms with Crippen LogP contribution in [0.15, 0.2) is 0 Å². The van der Waals surface area contributed by atoms with E-state index in [1.54, 1.807) is 0 Å². The molecule has 1 unspecified atom stereocenters. The molecule has 0 aromatic heterocycles. The molecule has 100 valence electrons. The largest absolute Gasteiger partial charge is 0.353 e. The maximum Gasteiger partial charge on any atom is 0.223 e. The van der Waals surface area contributed by atoms with E-state index in [-0.39, 0.29) is 17.9 Å². The third-order valence-electron chi connectivity index (χ3n) is 3.64. The van der Waals surface area contributed by atoms with E-state index in [4.69, 9.17) is 11.6 Å². The van der Waals surface area contributed by atoms with Crippen LogP contribution in [0.5, 0.6) is 0 Å². The lowest BCUT2D eigenvalue weighted by molar-refractivity contribution is -0.126. The highest BCUT2D eigenvalue weighted by Crippen LogP contribution is 2.22. The van der Waals surface area contributed by atoms with Gasteiger partial charge in [-0.05, 0) is 32.6 Å². The average molecular weight is 260 g/mol. The van der Waals surface area contributed by atoms with Gasteiger partial charge in [0.25, 0.3) is 0 Å². The van der Waals surface area contributed by atoms with E-state index in [0.29, 0.717) is 5.88 Å². The molecule has 0 saturated heterocycles. The first-order valence-electron chi connectivity index (χ1n) is 7.10. The monoisotopic (exact) mass is 259 g/mol. The fourth-order valence-electron chi connectivity index (χ4n) is 2.53. The van der Waals surface area contributed by atoms with Crippen LogP contribution in [0.4, 0.5) is 0 Å². The summed E-state index contributed by atoms with van der Waals surface area (Å²) in [5.74, 6) is 1.21. The Labute approximate surface area is 110 Å². The van der Waals surface area contributed by atoms with Gasteiger partial charge in [0.2, 0.25) is 5.91 Å². The number of alkyl halides is 1. The maximum atomic E-state index is 12.1. The molecule has 0 spiro atoms. The molecule has 0 aliphatic heterocycles. The fraction of sp³-hybridized carbons (Fsp3) is 0.929. The number of nitrogens with one attached hydrogen (secondary N) is 1. The molecule has 1 N–H and O–H groups in total. The SMILES string of the molecule is CC(CCCCl)NC(=O)C1CCCCCCC1. The van der Waals surface area contributed by atoms with Crippen LogP contribution in [-0.2, 0) is 4.79 Å². The van der Waals surface area contributed by atoms with Crippen LogP contribution >= 0.6 is 11.6 Å². The van der Waals surface area contributed by atoms with Crippen LogP contribution in [0.3, 0.4) is 0 Å². The van der Waals surface area contributed by atoms with E-state index < -0.39 is 0 Å².